The van der Waals surface area contributed by atoms with Crippen molar-refractivity contribution in [1.82, 2.24) is 30.2 Å². The normalized spacial score (nSPS) is 12.8. The van der Waals surface area contributed by atoms with Gasteiger partial charge in [-0.2, -0.15) is 0 Å². The molecule has 1 atom stereocenters. The van der Waals surface area contributed by atoms with Crippen LogP contribution >= 0.6 is 23.1 Å². The molecule has 0 aliphatic carbocycles. The number of nitrogens with one attached hydrogen (secondary N) is 1. The summed E-state index contributed by atoms with van der Waals surface area (Å²) < 4.78 is 6.98. The molecule has 10 heteroatoms. The second kappa shape index (κ2) is 5.87. The van der Waals surface area contributed by atoms with Crippen molar-refractivity contribution in [2.45, 2.75) is 17.3 Å². The van der Waals surface area contributed by atoms with Crippen LogP contribution in [0.25, 0.3) is 21.5 Å². The number of hydrogen-bond donors (Lipinski definition) is 1. The number of furan rings is 1. The van der Waals surface area contributed by atoms with Crippen LogP contribution in [-0.4, -0.2) is 30.2 Å². The fraction of sp³-hybridized carbons (Fsp3) is 0.214. The molecule has 0 aliphatic rings. The highest BCUT2D eigenvalue weighted by molar-refractivity contribution is 7.99. The molecule has 0 aromatic carbocycles. The Balaban J connectivity index is 1.74. The van der Waals surface area contributed by atoms with Gasteiger partial charge >= 0.3 is 0 Å². The largest absolute Gasteiger partial charge is 0.464 e. The van der Waals surface area contributed by atoms with Crippen LogP contribution < -0.4 is 5.56 Å². The summed E-state index contributed by atoms with van der Waals surface area (Å²) in [5.41, 5.74) is 0.587. The van der Waals surface area contributed by atoms with Crippen LogP contribution in [0, 0.1) is 0 Å². The zero-order valence-electron chi connectivity index (χ0n) is 12.8. The Morgan fingerprint density at radius 2 is 2.33 bits per heavy atom. The smallest absolute Gasteiger partial charge is 0.260 e. The van der Waals surface area contributed by atoms with Crippen LogP contribution in [0.4, 0.5) is 0 Å². The van der Waals surface area contributed by atoms with Crippen molar-refractivity contribution < 1.29 is 4.42 Å². The number of fused-ring (bicyclic) bond motifs is 1. The molecule has 4 rings (SSSR count). The molecule has 8 nitrogen and oxygen atoms in total. The van der Waals surface area contributed by atoms with Gasteiger partial charge in [-0.15, -0.1) is 16.4 Å². The molecule has 0 bridgehead atoms. The van der Waals surface area contributed by atoms with Gasteiger partial charge in [-0.05, 0) is 29.5 Å². The first-order valence-corrected chi connectivity index (χ1v) is 8.83. The Bertz CT molecular complexity index is 1050. The topological polar surface area (TPSA) is 102 Å². The van der Waals surface area contributed by atoms with E-state index >= 15 is 0 Å². The van der Waals surface area contributed by atoms with E-state index in [1.165, 1.54) is 23.1 Å². The van der Waals surface area contributed by atoms with E-state index in [1.54, 1.807) is 24.1 Å². The standard InChI is InChI=1S/C14H12N6O2S2/c1-7(24-14-17-18-19-20(14)2)11-15-12(21)10-8(6-23-13(10)16-11)9-4-3-5-22-9/h3-7H,1-2H3,(H,15,16,21). The molecule has 4 aromatic rings. The van der Waals surface area contributed by atoms with E-state index in [0.717, 1.165) is 5.56 Å². The monoisotopic (exact) mass is 360 g/mol. The maximum atomic E-state index is 12.6. The second-order valence-corrected chi connectivity index (χ2v) is 7.27. The third-order valence-corrected chi connectivity index (χ3v) is 5.50. The average Bonchev–Trinajstić information content (AvgIpc) is 3.28. The maximum absolute atomic E-state index is 12.6. The van der Waals surface area contributed by atoms with E-state index in [1.807, 2.05) is 18.4 Å². The fourth-order valence-corrected chi connectivity index (χ4v) is 4.05. The molecule has 122 valence electrons. The number of aromatic amines is 1. The van der Waals surface area contributed by atoms with E-state index in [4.69, 9.17) is 4.42 Å². The summed E-state index contributed by atoms with van der Waals surface area (Å²) in [6, 6.07) is 3.62. The minimum atomic E-state index is -0.175. The molecule has 0 amide bonds. The lowest BCUT2D eigenvalue weighted by atomic mass is 10.2. The Morgan fingerprint density at radius 3 is 3.04 bits per heavy atom. The zero-order chi connectivity index (χ0) is 16.7. The van der Waals surface area contributed by atoms with Crippen molar-refractivity contribution >= 4 is 33.3 Å². The lowest BCUT2D eigenvalue weighted by Gasteiger charge is -2.09. The number of aromatic nitrogens is 6. The highest BCUT2D eigenvalue weighted by Crippen LogP contribution is 2.34. The van der Waals surface area contributed by atoms with Crippen LogP contribution in [0.15, 0.2) is 38.1 Å². The summed E-state index contributed by atoms with van der Waals surface area (Å²) in [4.78, 5) is 20.7. The Labute approximate surface area is 143 Å². The number of nitrogens with zero attached hydrogens (tertiary/aromatic N) is 5. The van der Waals surface area contributed by atoms with Gasteiger partial charge in [0.2, 0.25) is 5.16 Å². The van der Waals surface area contributed by atoms with Crippen LogP contribution in [0.2, 0.25) is 0 Å². The molecule has 1 unspecified atom stereocenters. The predicted octanol–water partition coefficient (Wildman–Crippen LogP) is 2.62. The van der Waals surface area contributed by atoms with E-state index in [2.05, 4.69) is 25.5 Å². The Kier molecular flexibility index (Phi) is 3.69. The number of aryl methyl sites for hydroxylation is 1. The summed E-state index contributed by atoms with van der Waals surface area (Å²) in [5.74, 6) is 1.25. The van der Waals surface area contributed by atoms with Gasteiger partial charge in [-0.25, -0.2) is 9.67 Å². The number of hydrogen-bond acceptors (Lipinski definition) is 8. The number of tetrazole rings is 1. The molecule has 4 heterocycles. The lowest BCUT2D eigenvalue weighted by Crippen LogP contribution is -2.12. The maximum Gasteiger partial charge on any atom is 0.260 e. The molecule has 24 heavy (non-hydrogen) atoms. The SMILES string of the molecule is CC(Sc1nnnn1C)c1nc2scc(-c3ccco3)c2c(=O)[nH]1. The summed E-state index contributed by atoms with van der Waals surface area (Å²) >= 11 is 2.86. The van der Waals surface area contributed by atoms with Gasteiger partial charge in [0, 0.05) is 18.0 Å². The first-order valence-electron chi connectivity index (χ1n) is 7.08. The molecule has 0 spiro atoms. The van der Waals surface area contributed by atoms with Crippen molar-refractivity contribution in [2.75, 3.05) is 0 Å². The first-order chi connectivity index (χ1) is 11.6. The van der Waals surface area contributed by atoms with Crippen LogP contribution in [0.1, 0.15) is 18.0 Å². The Morgan fingerprint density at radius 1 is 1.46 bits per heavy atom. The molecule has 0 radical (unpaired) electrons. The lowest BCUT2D eigenvalue weighted by molar-refractivity contribution is 0.583. The van der Waals surface area contributed by atoms with E-state index < -0.39 is 0 Å². The van der Waals surface area contributed by atoms with E-state index in [9.17, 15) is 4.79 Å². The molecular formula is C14H12N6O2S2. The quantitative estimate of drug-likeness (QED) is 0.558. The molecule has 0 saturated heterocycles. The highest BCUT2D eigenvalue weighted by atomic mass is 32.2. The second-order valence-electron chi connectivity index (χ2n) is 5.10. The average molecular weight is 360 g/mol. The van der Waals surface area contributed by atoms with E-state index in [-0.39, 0.29) is 10.8 Å². The Hall–Kier alpha value is -2.46. The number of thioether (sulfide) groups is 1. The minimum Gasteiger partial charge on any atom is -0.464 e. The molecular weight excluding hydrogens is 348 g/mol. The predicted molar refractivity (Wildman–Crippen MR) is 91.0 cm³/mol. The molecule has 0 fully saturated rings. The third-order valence-electron chi connectivity index (χ3n) is 3.50. The third kappa shape index (κ3) is 2.53. The van der Waals surface area contributed by atoms with Gasteiger partial charge in [0.05, 0.1) is 16.9 Å². The first kappa shape index (κ1) is 15.1. The van der Waals surface area contributed by atoms with E-state index in [0.29, 0.717) is 27.0 Å². The van der Waals surface area contributed by atoms with Crippen molar-refractivity contribution in [2.24, 2.45) is 7.05 Å². The minimum absolute atomic E-state index is 0.0963. The number of thiophene rings is 1. The highest BCUT2D eigenvalue weighted by Gasteiger charge is 2.19. The van der Waals surface area contributed by atoms with Gasteiger partial charge in [0.1, 0.15) is 16.4 Å². The summed E-state index contributed by atoms with van der Waals surface area (Å²) in [6.07, 6.45) is 1.59. The molecule has 1 N–H and O–H groups in total. The van der Waals surface area contributed by atoms with Gasteiger partial charge in [-0.3, -0.25) is 4.79 Å². The van der Waals surface area contributed by atoms with Gasteiger partial charge < -0.3 is 9.40 Å². The molecule has 0 saturated carbocycles. The van der Waals surface area contributed by atoms with Crippen molar-refractivity contribution in [3.05, 3.63) is 40.0 Å². The van der Waals surface area contributed by atoms with Crippen LogP contribution in [0.5, 0.6) is 0 Å². The van der Waals surface area contributed by atoms with Gasteiger partial charge in [0.15, 0.2) is 0 Å². The van der Waals surface area contributed by atoms with Gasteiger partial charge in [0.25, 0.3) is 5.56 Å². The summed E-state index contributed by atoms with van der Waals surface area (Å²) in [6.45, 7) is 1.95. The summed E-state index contributed by atoms with van der Waals surface area (Å²) in [5, 5.41) is 14.3. The molecule has 0 aliphatic heterocycles. The van der Waals surface area contributed by atoms with Crippen molar-refractivity contribution in [1.29, 1.82) is 0 Å². The van der Waals surface area contributed by atoms with Crippen molar-refractivity contribution in [3.63, 3.8) is 0 Å². The van der Waals surface area contributed by atoms with Crippen LogP contribution in [0.3, 0.4) is 0 Å². The fourth-order valence-electron chi connectivity index (χ4n) is 2.31. The van der Waals surface area contributed by atoms with Crippen molar-refractivity contribution in [3.8, 4) is 11.3 Å². The molecule has 4 aromatic heterocycles. The van der Waals surface area contributed by atoms with Crippen LogP contribution in [-0.2, 0) is 7.05 Å². The number of H-pyrrole nitrogens is 1. The number of rotatable bonds is 4. The summed E-state index contributed by atoms with van der Waals surface area (Å²) in [7, 11) is 1.77. The zero-order valence-corrected chi connectivity index (χ0v) is 14.4. The van der Waals surface area contributed by atoms with Gasteiger partial charge in [-0.1, -0.05) is 11.8 Å².